The second-order valence-electron chi connectivity index (χ2n) is 14.6. The summed E-state index contributed by atoms with van der Waals surface area (Å²) < 4.78 is 52.5. The average molecular weight is 828 g/mol. The number of amides is 1. The van der Waals surface area contributed by atoms with Gasteiger partial charge >= 0.3 is 32.4 Å². The lowest BCUT2D eigenvalue weighted by Crippen LogP contribution is -2.74. The molecule has 0 unspecified atom stereocenters. The molecule has 1 amide bonds. The van der Waals surface area contributed by atoms with Gasteiger partial charge in [0.05, 0.1) is 19.1 Å². The molecule has 3 rings (SSSR count). The van der Waals surface area contributed by atoms with E-state index < -0.39 is 126 Å². The summed E-state index contributed by atoms with van der Waals surface area (Å²) in [5, 5.41) is 1.70. The predicted octanol–water partition coefficient (Wildman–Crippen LogP) is 4.12. The van der Waals surface area contributed by atoms with Gasteiger partial charge in [-0.3, -0.25) is 24.0 Å². The Hall–Kier alpha value is -1.47. The van der Waals surface area contributed by atoms with Crippen molar-refractivity contribution >= 4 is 84.7 Å². The molecule has 1 N–H and O–H groups in total. The van der Waals surface area contributed by atoms with Crippen molar-refractivity contribution in [2.24, 2.45) is 0 Å². The van der Waals surface area contributed by atoms with Gasteiger partial charge in [-0.15, -0.1) is 0 Å². The van der Waals surface area contributed by atoms with E-state index in [1.54, 1.807) is 0 Å². The van der Waals surface area contributed by atoms with Gasteiger partial charge in [0.15, 0.2) is 34.0 Å². The molecule has 15 nitrogen and oxygen atoms in total. The number of halogens is 4. The van der Waals surface area contributed by atoms with Crippen molar-refractivity contribution in [1.29, 1.82) is 0 Å². The number of ether oxygens (including phenoxy) is 7. The fraction of sp³-hybridized carbons (Fsp3) is 0.839. The van der Waals surface area contributed by atoms with Crippen LogP contribution in [0.15, 0.2) is 0 Å². The minimum Gasteiger partial charge on any atom is -0.463 e. The van der Waals surface area contributed by atoms with Crippen molar-refractivity contribution in [3.8, 4) is 0 Å². The van der Waals surface area contributed by atoms with Gasteiger partial charge in [0, 0.05) is 37.8 Å². The topological polar surface area (TPSA) is 180 Å². The van der Waals surface area contributed by atoms with Gasteiger partial charge in [-0.25, -0.2) is 0 Å². The molecule has 20 heteroatoms. The molecule has 292 valence electrons. The molecule has 0 aliphatic carbocycles. The third-order valence-corrected chi connectivity index (χ3v) is 14.2. The zero-order valence-corrected chi connectivity index (χ0v) is 34.1. The van der Waals surface area contributed by atoms with Gasteiger partial charge in [0.1, 0.15) is 31.0 Å². The van der Waals surface area contributed by atoms with E-state index in [0.717, 1.165) is 27.7 Å². The van der Waals surface area contributed by atoms with Crippen LogP contribution in [0.5, 0.6) is 0 Å². The molecular formula is C31H47Cl4NO14Si. The largest absolute Gasteiger partial charge is 0.463 e. The first kappa shape index (κ1) is 43.9. The molecule has 0 aromatic rings. The smallest absolute Gasteiger partial charge is 0.349 e. The lowest BCUT2D eigenvalue weighted by molar-refractivity contribution is -0.334. The van der Waals surface area contributed by atoms with Crippen LogP contribution in [0.3, 0.4) is 0 Å². The van der Waals surface area contributed by atoms with Gasteiger partial charge in [-0.2, -0.15) is 0 Å². The first-order chi connectivity index (χ1) is 23.3. The number of hydrogen-bond acceptors (Lipinski definition) is 14. The highest BCUT2D eigenvalue weighted by atomic mass is 35.6. The fourth-order valence-electron chi connectivity index (χ4n) is 6.69. The Balaban J connectivity index is 2.20. The Kier molecular flexibility index (Phi) is 14.6. The molecule has 3 fully saturated rings. The lowest BCUT2D eigenvalue weighted by Gasteiger charge is -2.58. The van der Waals surface area contributed by atoms with E-state index in [-0.39, 0.29) is 6.61 Å². The second-order valence-corrected chi connectivity index (χ2v) is 22.3. The number of nitrogens with one attached hydrogen (secondary N) is 1. The minimum atomic E-state index is -3.27. The second kappa shape index (κ2) is 16.9. The Labute approximate surface area is 318 Å². The predicted molar refractivity (Wildman–Crippen MR) is 184 cm³/mol. The van der Waals surface area contributed by atoms with Gasteiger partial charge in [-0.1, -0.05) is 87.9 Å². The zero-order valence-electron chi connectivity index (χ0n) is 30.1. The molecule has 3 aliphatic rings. The third kappa shape index (κ3) is 11.0. The first-order valence-electron chi connectivity index (χ1n) is 16.2. The third-order valence-electron chi connectivity index (χ3n) is 8.29. The minimum absolute atomic E-state index is 0.0436. The SMILES string of the molecule is CC(=O)OC[C@H]1O[C@@H](O[C@@H]2[C@@H](NC(=O)CC(Cl)(Cl)Cl)[C@H](Cl)O[C@@H]3CO[Si](C(C)(C)C)(C(C)(C)C)O[C@H]23)[C@H](OC(C)=O)[C@@H](OC(C)=O)[C@H]1OC(C)=O. The van der Waals surface area contributed by atoms with Crippen LogP contribution in [-0.4, -0.2) is 116 Å². The van der Waals surface area contributed by atoms with Crippen LogP contribution in [0.1, 0.15) is 75.7 Å². The fourth-order valence-corrected chi connectivity index (χ4v) is 12.4. The number of rotatable bonds is 9. The van der Waals surface area contributed by atoms with Crippen molar-refractivity contribution in [2.75, 3.05) is 13.2 Å². The summed E-state index contributed by atoms with van der Waals surface area (Å²) in [4.78, 5) is 62.2. The monoisotopic (exact) mass is 825 g/mol. The number of carbonyl (C=O) groups is 5. The molecule has 0 spiro atoms. The number of carbonyl (C=O) groups excluding carboxylic acids is 5. The van der Waals surface area contributed by atoms with Crippen molar-refractivity contribution in [1.82, 2.24) is 5.32 Å². The molecule has 3 heterocycles. The molecule has 3 saturated heterocycles. The van der Waals surface area contributed by atoms with E-state index in [9.17, 15) is 24.0 Å². The number of hydrogen-bond donors (Lipinski definition) is 1. The number of alkyl halides is 4. The Morgan fingerprint density at radius 2 is 1.29 bits per heavy atom. The van der Waals surface area contributed by atoms with Gasteiger partial charge < -0.3 is 47.3 Å². The van der Waals surface area contributed by atoms with Crippen molar-refractivity contribution in [2.45, 2.75) is 150 Å². The quantitative estimate of drug-likeness (QED) is 0.152. The lowest BCUT2D eigenvalue weighted by atomic mass is 9.95. The molecule has 0 bridgehead atoms. The molecule has 0 saturated carbocycles. The summed E-state index contributed by atoms with van der Waals surface area (Å²) in [6, 6.07) is -1.22. The summed E-state index contributed by atoms with van der Waals surface area (Å²) in [6.45, 7) is 16.0. The summed E-state index contributed by atoms with van der Waals surface area (Å²) in [7, 11) is -3.27. The van der Waals surface area contributed by atoms with E-state index in [1.165, 1.54) is 0 Å². The molecule has 51 heavy (non-hydrogen) atoms. The van der Waals surface area contributed by atoms with E-state index >= 15 is 0 Å². The van der Waals surface area contributed by atoms with Crippen LogP contribution >= 0.6 is 46.4 Å². The zero-order chi connectivity index (χ0) is 38.9. The summed E-state index contributed by atoms with van der Waals surface area (Å²) in [5.74, 6) is -3.89. The molecule has 0 aromatic carbocycles. The highest BCUT2D eigenvalue weighted by Crippen LogP contribution is 2.55. The van der Waals surface area contributed by atoms with Crippen LogP contribution in [-0.2, 0) is 66.0 Å². The van der Waals surface area contributed by atoms with Crippen molar-refractivity contribution < 1.29 is 66.0 Å². The first-order valence-corrected chi connectivity index (χ1v) is 19.6. The van der Waals surface area contributed by atoms with Crippen LogP contribution < -0.4 is 5.32 Å². The molecule has 0 aromatic heterocycles. The Bertz CT molecular complexity index is 1290. The van der Waals surface area contributed by atoms with Crippen molar-refractivity contribution in [3.63, 3.8) is 0 Å². The van der Waals surface area contributed by atoms with Gasteiger partial charge in [0.2, 0.25) is 5.91 Å². The summed E-state index contributed by atoms with van der Waals surface area (Å²) in [6.07, 6.45) is -11.1. The van der Waals surface area contributed by atoms with E-state index in [1.807, 2.05) is 41.5 Å². The molecule has 10 atom stereocenters. The maximum atomic E-state index is 13.2. The Morgan fingerprint density at radius 1 is 0.765 bits per heavy atom. The normalized spacial score (nSPS) is 32.5. The van der Waals surface area contributed by atoms with E-state index in [2.05, 4.69) is 5.32 Å². The number of esters is 4. The van der Waals surface area contributed by atoms with E-state index in [4.69, 9.17) is 88.4 Å². The van der Waals surface area contributed by atoms with Crippen LogP contribution in [0.4, 0.5) is 0 Å². The van der Waals surface area contributed by atoms with Gasteiger partial charge in [0.25, 0.3) is 0 Å². The van der Waals surface area contributed by atoms with Crippen molar-refractivity contribution in [3.05, 3.63) is 0 Å². The molecule has 3 aliphatic heterocycles. The maximum Gasteiger partial charge on any atom is 0.349 e. The maximum absolute atomic E-state index is 13.2. The molecule has 0 radical (unpaired) electrons. The summed E-state index contributed by atoms with van der Waals surface area (Å²) in [5.41, 5.74) is -1.27. The van der Waals surface area contributed by atoms with Gasteiger partial charge in [-0.05, 0) is 0 Å². The highest BCUT2D eigenvalue weighted by Gasteiger charge is 2.65. The van der Waals surface area contributed by atoms with Crippen LogP contribution in [0.2, 0.25) is 10.1 Å². The average Bonchev–Trinajstić information content (AvgIpc) is 2.93. The summed E-state index contributed by atoms with van der Waals surface area (Å²) >= 11 is 24.5. The highest BCUT2D eigenvalue weighted by molar-refractivity contribution is 6.73. The Morgan fingerprint density at radius 3 is 1.78 bits per heavy atom. The number of fused-ring (bicyclic) bond motifs is 1. The van der Waals surface area contributed by atoms with Crippen LogP contribution in [0.25, 0.3) is 0 Å². The van der Waals surface area contributed by atoms with Crippen LogP contribution in [0, 0.1) is 0 Å². The van der Waals surface area contributed by atoms with E-state index in [0.29, 0.717) is 0 Å². The standard InChI is InChI=1S/C31H47Cl4NO14Si/c1-14(37)42-12-18-22(44-15(2)38)25(45-16(3)39)26(46-17(4)40)28(48-18)49-24-21(36-20(41)11-31(33,34)35)27(32)47-19-13-43-51(29(5,6)7,30(8,9)10)50-23(19)24/h18-19,21-28H,11-13H2,1-10H3,(H,36,41)/t18-,19-,21-,22+,23+,24-,25+,26-,27-,28+/m1/s1. The molecular weight excluding hydrogens is 780 g/mol.